The maximum atomic E-state index is 5.99. The number of ether oxygens (including phenoxy) is 1. The average molecular weight is 224 g/mol. The van der Waals surface area contributed by atoms with Crippen molar-refractivity contribution < 1.29 is 4.74 Å². The Kier molecular flexibility index (Phi) is 2.48. The molecule has 2 aliphatic rings. The van der Waals surface area contributed by atoms with Crippen molar-refractivity contribution in [1.82, 2.24) is 9.78 Å². The van der Waals surface area contributed by atoms with Gasteiger partial charge in [0.25, 0.3) is 0 Å². The molecule has 2 unspecified atom stereocenters. The van der Waals surface area contributed by atoms with Gasteiger partial charge in [-0.1, -0.05) is 0 Å². The van der Waals surface area contributed by atoms with Crippen LogP contribution in [0.3, 0.4) is 0 Å². The largest absolute Gasteiger partial charge is 0.374 e. The molecule has 15 heavy (non-hydrogen) atoms. The van der Waals surface area contributed by atoms with Crippen molar-refractivity contribution in [3.05, 3.63) is 18.5 Å². The minimum atomic E-state index is 0.166. The average Bonchev–Trinajstić information content (AvgIpc) is 2.89. The number of aromatic nitrogens is 2. The Hall–Kier alpha value is -0.480. The van der Waals surface area contributed by atoms with Crippen LogP contribution in [0, 0.1) is 0 Å². The first-order valence-corrected chi connectivity index (χ1v) is 6.74. The van der Waals surface area contributed by atoms with Gasteiger partial charge >= 0.3 is 0 Å². The van der Waals surface area contributed by atoms with E-state index in [0.29, 0.717) is 6.04 Å². The third-order valence-corrected chi connectivity index (χ3v) is 4.66. The van der Waals surface area contributed by atoms with Gasteiger partial charge in [-0.2, -0.15) is 16.9 Å². The van der Waals surface area contributed by atoms with Gasteiger partial charge in [0, 0.05) is 24.8 Å². The second-order valence-corrected chi connectivity index (χ2v) is 5.57. The highest BCUT2D eigenvalue weighted by Gasteiger charge is 2.41. The van der Waals surface area contributed by atoms with Crippen molar-refractivity contribution >= 4 is 11.8 Å². The van der Waals surface area contributed by atoms with E-state index in [9.17, 15) is 0 Å². The van der Waals surface area contributed by atoms with Crippen molar-refractivity contribution in [1.29, 1.82) is 0 Å². The van der Waals surface area contributed by atoms with Crippen LogP contribution < -0.4 is 0 Å². The molecule has 1 spiro atoms. The molecular formula is C11H16N2OS. The molecule has 0 amide bonds. The normalized spacial score (nSPS) is 36.1. The molecule has 2 saturated heterocycles. The minimum absolute atomic E-state index is 0.166. The molecule has 0 radical (unpaired) electrons. The van der Waals surface area contributed by atoms with Gasteiger partial charge < -0.3 is 4.74 Å². The molecule has 2 fully saturated rings. The SMILES string of the molecule is c1cnn(C2CCOC3(CCSC3)C2)c1. The summed E-state index contributed by atoms with van der Waals surface area (Å²) >= 11 is 2.02. The molecule has 1 aromatic heterocycles. The van der Waals surface area contributed by atoms with Gasteiger partial charge in [0.05, 0.1) is 11.6 Å². The molecule has 0 aliphatic carbocycles. The Morgan fingerprint density at radius 2 is 2.53 bits per heavy atom. The van der Waals surface area contributed by atoms with Crippen LogP contribution in [0.2, 0.25) is 0 Å². The number of hydrogen-bond donors (Lipinski definition) is 0. The van der Waals surface area contributed by atoms with Crippen molar-refractivity contribution in [3.8, 4) is 0 Å². The van der Waals surface area contributed by atoms with E-state index in [0.717, 1.165) is 19.4 Å². The molecule has 82 valence electrons. The zero-order valence-corrected chi connectivity index (χ0v) is 9.58. The summed E-state index contributed by atoms with van der Waals surface area (Å²) in [6.45, 7) is 0.894. The van der Waals surface area contributed by atoms with Crippen LogP contribution >= 0.6 is 11.8 Å². The van der Waals surface area contributed by atoms with Crippen molar-refractivity contribution in [2.75, 3.05) is 18.1 Å². The molecule has 3 rings (SSSR count). The van der Waals surface area contributed by atoms with Crippen molar-refractivity contribution in [2.45, 2.75) is 30.9 Å². The third-order valence-electron chi connectivity index (χ3n) is 3.43. The fraction of sp³-hybridized carbons (Fsp3) is 0.727. The van der Waals surface area contributed by atoms with Gasteiger partial charge in [0.2, 0.25) is 0 Å². The number of nitrogens with zero attached hydrogens (tertiary/aromatic N) is 2. The molecular weight excluding hydrogens is 208 g/mol. The second kappa shape index (κ2) is 3.83. The van der Waals surface area contributed by atoms with Crippen molar-refractivity contribution in [2.24, 2.45) is 0 Å². The van der Waals surface area contributed by atoms with Gasteiger partial charge in [-0.25, -0.2) is 0 Å². The predicted molar refractivity (Wildman–Crippen MR) is 61.1 cm³/mol. The fourth-order valence-corrected chi connectivity index (χ4v) is 3.97. The summed E-state index contributed by atoms with van der Waals surface area (Å²) in [6.07, 6.45) is 7.41. The number of thioether (sulfide) groups is 1. The number of hydrogen-bond acceptors (Lipinski definition) is 3. The first kappa shape index (κ1) is 9.73. The van der Waals surface area contributed by atoms with E-state index in [-0.39, 0.29) is 5.60 Å². The second-order valence-electron chi connectivity index (χ2n) is 4.47. The zero-order chi connectivity index (χ0) is 10.1. The summed E-state index contributed by atoms with van der Waals surface area (Å²) in [7, 11) is 0. The van der Waals surface area contributed by atoms with Gasteiger partial charge in [-0.15, -0.1) is 0 Å². The summed E-state index contributed by atoms with van der Waals surface area (Å²) in [6, 6.07) is 2.55. The molecule has 0 bridgehead atoms. The summed E-state index contributed by atoms with van der Waals surface area (Å²) in [5.74, 6) is 2.43. The van der Waals surface area contributed by atoms with Gasteiger partial charge in [0.15, 0.2) is 0 Å². The van der Waals surface area contributed by atoms with E-state index in [4.69, 9.17) is 4.74 Å². The Morgan fingerprint density at radius 3 is 3.27 bits per heavy atom. The van der Waals surface area contributed by atoms with E-state index in [1.165, 1.54) is 17.9 Å². The zero-order valence-electron chi connectivity index (χ0n) is 8.76. The molecule has 4 heteroatoms. The van der Waals surface area contributed by atoms with Crippen LogP contribution in [0.25, 0.3) is 0 Å². The van der Waals surface area contributed by atoms with Gasteiger partial charge in [-0.05, 0) is 31.1 Å². The highest BCUT2D eigenvalue weighted by molar-refractivity contribution is 7.99. The topological polar surface area (TPSA) is 27.1 Å². The molecule has 0 N–H and O–H groups in total. The molecule has 2 aliphatic heterocycles. The summed E-state index contributed by atoms with van der Waals surface area (Å²) in [4.78, 5) is 0. The lowest BCUT2D eigenvalue weighted by molar-refractivity contribution is -0.0778. The lowest BCUT2D eigenvalue weighted by Crippen LogP contribution is -2.40. The van der Waals surface area contributed by atoms with Crippen LogP contribution in [0.1, 0.15) is 25.3 Å². The monoisotopic (exact) mass is 224 g/mol. The maximum Gasteiger partial charge on any atom is 0.0800 e. The van der Waals surface area contributed by atoms with Crippen LogP contribution in [-0.4, -0.2) is 33.5 Å². The molecule has 3 heterocycles. The Bertz CT molecular complexity index is 319. The third kappa shape index (κ3) is 1.81. The molecule has 0 saturated carbocycles. The quantitative estimate of drug-likeness (QED) is 0.731. The van der Waals surface area contributed by atoms with Crippen LogP contribution in [0.15, 0.2) is 18.5 Å². The summed E-state index contributed by atoms with van der Waals surface area (Å²) in [5, 5.41) is 4.35. The predicted octanol–water partition coefficient (Wildman–Crippen LogP) is 2.11. The first-order chi connectivity index (χ1) is 7.38. The van der Waals surface area contributed by atoms with Crippen LogP contribution in [-0.2, 0) is 4.74 Å². The first-order valence-electron chi connectivity index (χ1n) is 5.59. The van der Waals surface area contributed by atoms with E-state index < -0.39 is 0 Å². The minimum Gasteiger partial charge on any atom is -0.374 e. The summed E-state index contributed by atoms with van der Waals surface area (Å²) in [5.41, 5.74) is 0.166. The Labute approximate surface area is 94.2 Å². The Morgan fingerprint density at radius 1 is 1.53 bits per heavy atom. The lowest BCUT2D eigenvalue weighted by Gasteiger charge is -2.37. The standard InChI is InChI=1S/C11H16N2OS/c1-4-12-13(5-1)10-2-6-14-11(8-10)3-7-15-9-11/h1,4-5,10H,2-3,6-9H2. The van der Waals surface area contributed by atoms with E-state index >= 15 is 0 Å². The van der Waals surface area contributed by atoms with Crippen LogP contribution in [0.4, 0.5) is 0 Å². The highest BCUT2D eigenvalue weighted by Crippen LogP contribution is 2.41. The van der Waals surface area contributed by atoms with Gasteiger partial charge in [0.1, 0.15) is 0 Å². The Balaban J connectivity index is 1.76. The van der Waals surface area contributed by atoms with E-state index in [1.54, 1.807) is 0 Å². The van der Waals surface area contributed by atoms with Gasteiger partial charge in [-0.3, -0.25) is 4.68 Å². The highest BCUT2D eigenvalue weighted by atomic mass is 32.2. The van der Waals surface area contributed by atoms with Crippen LogP contribution in [0.5, 0.6) is 0 Å². The molecule has 2 atom stereocenters. The summed E-state index contributed by atoms with van der Waals surface area (Å²) < 4.78 is 8.10. The van der Waals surface area contributed by atoms with E-state index in [1.807, 2.05) is 24.0 Å². The van der Waals surface area contributed by atoms with Crippen molar-refractivity contribution in [3.63, 3.8) is 0 Å². The molecule has 1 aromatic rings. The smallest absolute Gasteiger partial charge is 0.0800 e. The lowest BCUT2D eigenvalue weighted by atomic mass is 9.90. The van der Waals surface area contributed by atoms with E-state index in [2.05, 4.69) is 16.0 Å². The number of rotatable bonds is 1. The maximum absolute atomic E-state index is 5.99. The molecule has 0 aromatic carbocycles. The fourth-order valence-electron chi connectivity index (χ4n) is 2.59. The molecule has 3 nitrogen and oxygen atoms in total.